The molecule has 2 atom stereocenters. The van der Waals surface area contributed by atoms with Gasteiger partial charge in [-0.2, -0.15) is 0 Å². The van der Waals surface area contributed by atoms with Crippen LogP contribution in [0.25, 0.3) is 0 Å². The minimum atomic E-state index is -3.41. The van der Waals surface area contributed by atoms with Crippen molar-refractivity contribution in [2.45, 2.75) is 47.9 Å². The van der Waals surface area contributed by atoms with Gasteiger partial charge in [-0.05, 0) is 56.0 Å². The van der Waals surface area contributed by atoms with Gasteiger partial charge in [0.15, 0.2) is 9.84 Å². The molecule has 136 valence electrons. The fourth-order valence-corrected chi connectivity index (χ4v) is 6.16. The quantitative estimate of drug-likeness (QED) is 0.828. The fraction of sp³-hybridized carbons (Fsp3) is 0.350. The smallest absolute Gasteiger partial charge is 0.254 e. The topological polar surface area (TPSA) is 54.5 Å². The second-order valence-electron chi connectivity index (χ2n) is 7.06. The van der Waals surface area contributed by atoms with Crippen LogP contribution in [0.1, 0.15) is 36.0 Å². The SMILES string of the molecule is O=C(c1cccc(F)c1)N1C2CCC1CC(S(=O)(=O)c1ccccc1)C2. The predicted octanol–water partition coefficient (Wildman–Crippen LogP) is 3.44. The second kappa shape index (κ2) is 6.50. The molecule has 4 nitrogen and oxygen atoms in total. The fourth-order valence-electron chi connectivity index (χ4n) is 4.29. The molecule has 4 rings (SSSR count). The summed E-state index contributed by atoms with van der Waals surface area (Å²) in [4.78, 5) is 15.0. The number of carbonyl (C=O) groups excluding carboxylic acids is 1. The first-order valence-corrected chi connectivity index (χ1v) is 10.4. The summed E-state index contributed by atoms with van der Waals surface area (Å²) in [6.45, 7) is 0. The Labute approximate surface area is 152 Å². The molecule has 6 heteroatoms. The lowest BCUT2D eigenvalue weighted by atomic mass is 10.0. The number of benzene rings is 2. The minimum Gasteiger partial charge on any atom is -0.333 e. The summed E-state index contributed by atoms with van der Waals surface area (Å²) in [6, 6.07) is 14.0. The number of fused-ring (bicyclic) bond motifs is 2. The van der Waals surface area contributed by atoms with Crippen LogP contribution in [0.5, 0.6) is 0 Å². The van der Waals surface area contributed by atoms with Crippen molar-refractivity contribution in [1.82, 2.24) is 4.90 Å². The zero-order valence-electron chi connectivity index (χ0n) is 14.2. The van der Waals surface area contributed by atoms with Crippen molar-refractivity contribution in [3.63, 3.8) is 0 Å². The summed E-state index contributed by atoms with van der Waals surface area (Å²) in [5, 5.41) is -0.473. The van der Waals surface area contributed by atoms with E-state index in [1.165, 1.54) is 18.2 Å². The first-order valence-electron chi connectivity index (χ1n) is 8.84. The van der Waals surface area contributed by atoms with Gasteiger partial charge in [-0.25, -0.2) is 12.8 Å². The maximum Gasteiger partial charge on any atom is 0.254 e. The van der Waals surface area contributed by atoms with Crippen molar-refractivity contribution in [2.75, 3.05) is 0 Å². The number of hydrogen-bond acceptors (Lipinski definition) is 3. The van der Waals surface area contributed by atoms with Crippen LogP contribution in [-0.2, 0) is 9.84 Å². The molecule has 0 radical (unpaired) electrons. The number of hydrogen-bond donors (Lipinski definition) is 0. The van der Waals surface area contributed by atoms with E-state index in [0.717, 1.165) is 12.8 Å². The van der Waals surface area contributed by atoms with Crippen LogP contribution in [0.3, 0.4) is 0 Å². The summed E-state index contributed by atoms with van der Waals surface area (Å²) in [7, 11) is -3.41. The number of nitrogens with zero attached hydrogens (tertiary/aromatic N) is 1. The summed E-state index contributed by atoms with van der Waals surface area (Å²) >= 11 is 0. The Morgan fingerprint density at radius 1 is 0.962 bits per heavy atom. The van der Waals surface area contributed by atoms with Gasteiger partial charge in [-0.15, -0.1) is 0 Å². The van der Waals surface area contributed by atoms with Gasteiger partial charge in [0.2, 0.25) is 0 Å². The van der Waals surface area contributed by atoms with Crippen LogP contribution in [-0.4, -0.2) is 36.6 Å². The molecule has 2 fully saturated rings. The Morgan fingerprint density at radius 3 is 2.23 bits per heavy atom. The summed E-state index contributed by atoms with van der Waals surface area (Å²) < 4.78 is 39.3. The molecule has 2 unspecified atom stereocenters. The van der Waals surface area contributed by atoms with E-state index < -0.39 is 20.9 Å². The normalized spacial score (nSPS) is 25.3. The van der Waals surface area contributed by atoms with Gasteiger partial charge in [0, 0.05) is 17.6 Å². The van der Waals surface area contributed by atoms with Gasteiger partial charge in [0.25, 0.3) is 5.91 Å². The molecule has 2 aromatic rings. The molecule has 0 N–H and O–H groups in total. The van der Waals surface area contributed by atoms with E-state index in [4.69, 9.17) is 0 Å². The number of sulfone groups is 1. The monoisotopic (exact) mass is 373 g/mol. The lowest BCUT2D eigenvalue weighted by molar-refractivity contribution is 0.0597. The molecule has 26 heavy (non-hydrogen) atoms. The zero-order valence-corrected chi connectivity index (χ0v) is 15.0. The van der Waals surface area contributed by atoms with Crippen molar-refractivity contribution in [3.8, 4) is 0 Å². The Hall–Kier alpha value is -2.21. The van der Waals surface area contributed by atoms with Crippen molar-refractivity contribution in [3.05, 3.63) is 66.0 Å². The predicted molar refractivity (Wildman–Crippen MR) is 96.0 cm³/mol. The van der Waals surface area contributed by atoms with Gasteiger partial charge in [-0.3, -0.25) is 4.79 Å². The van der Waals surface area contributed by atoms with Gasteiger partial charge >= 0.3 is 0 Å². The highest BCUT2D eigenvalue weighted by Crippen LogP contribution is 2.40. The molecule has 1 amide bonds. The van der Waals surface area contributed by atoms with E-state index in [-0.39, 0.29) is 18.0 Å². The molecular formula is C20H20FNO3S. The van der Waals surface area contributed by atoms with E-state index in [1.807, 2.05) is 0 Å². The van der Waals surface area contributed by atoms with E-state index in [2.05, 4.69) is 0 Å². The lowest BCUT2D eigenvalue weighted by Gasteiger charge is -2.38. The molecular weight excluding hydrogens is 353 g/mol. The number of carbonyl (C=O) groups is 1. The molecule has 0 aliphatic carbocycles. The second-order valence-corrected chi connectivity index (χ2v) is 9.29. The number of rotatable bonds is 3. The van der Waals surface area contributed by atoms with Crippen LogP contribution >= 0.6 is 0 Å². The summed E-state index contributed by atoms with van der Waals surface area (Å²) in [5.74, 6) is -0.641. The van der Waals surface area contributed by atoms with Crippen molar-refractivity contribution in [2.24, 2.45) is 0 Å². The summed E-state index contributed by atoms with van der Waals surface area (Å²) in [6.07, 6.45) is 2.47. The largest absolute Gasteiger partial charge is 0.333 e. The van der Waals surface area contributed by atoms with Gasteiger partial charge in [0.05, 0.1) is 10.1 Å². The van der Waals surface area contributed by atoms with Gasteiger partial charge in [0.1, 0.15) is 5.82 Å². The molecule has 0 spiro atoms. The van der Waals surface area contributed by atoms with E-state index >= 15 is 0 Å². The standard InChI is InChI=1S/C20H20FNO3S/c21-15-6-4-5-14(11-15)20(23)22-16-9-10-17(22)13-19(12-16)26(24,25)18-7-2-1-3-8-18/h1-8,11,16-17,19H,9-10,12-13H2. The van der Waals surface area contributed by atoms with Crippen molar-refractivity contribution >= 4 is 15.7 Å². The van der Waals surface area contributed by atoms with E-state index in [0.29, 0.717) is 23.3 Å². The average Bonchev–Trinajstić information content (AvgIpc) is 2.90. The third-order valence-corrected chi connectivity index (χ3v) is 7.70. The first-order chi connectivity index (χ1) is 12.5. The Balaban J connectivity index is 1.57. The van der Waals surface area contributed by atoms with Crippen LogP contribution in [0.2, 0.25) is 0 Å². The van der Waals surface area contributed by atoms with Crippen LogP contribution < -0.4 is 0 Å². The summed E-state index contributed by atoms with van der Waals surface area (Å²) in [5.41, 5.74) is 0.325. The van der Waals surface area contributed by atoms with Crippen LogP contribution in [0, 0.1) is 5.82 Å². The van der Waals surface area contributed by atoms with Gasteiger partial charge in [-0.1, -0.05) is 24.3 Å². The molecule has 2 saturated heterocycles. The molecule has 2 aliphatic rings. The minimum absolute atomic E-state index is 0.104. The zero-order chi connectivity index (χ0) is 18.3. The number of amides is 1. The Bertz CT molecular complexity index is 915. The highest BCUT2D eigenvalue weighted by atomic mass is 32.2. The Kier molecular flexibility index (Phi) is 4.31. The van der Waals surface area contributed by atoms with Crippen molar-refractivity contribution < 1.29 is 17.6 Å². The maximum absolute atomic E-state index is 13.5. The molecule has 0 saturated carbocycles. The number of halogens is 1. The maximum atomic E-state index is 13.5. The van der Waals surface area contributed by atoms with Crippen LogP contribution in [0.4, 0.5) is 4.39 Å². The van der Waals surface area contributed by atoms with Crippen molar-refractivity contribution in [1.29, 1.82) is 0 Å². The first kappa shape index (κ1) is 17.2. The third-order valence-electron chi connectivity index (χ3n) is 5.51. The Morgan fingerprint density at radius 2 is 1.62 bits per heavy atom. The molecule has 0 aromatic heterocycles. The number of piperidine rings is 1. The van der Waals surface area contributed by atoms with E-state index in [1.54, 1.807) is 41.3 Å². The van der Waals surface area contributed by atoms with E-state index in [9.17, 15) is 17.6 Å². The molecule has 2 aliphatic heterocycles. The van der Waals surface area contributed by atoms with Gasteiger partial charge < -0.3 is 4.90 Å². The average molecular weight is 373 g/mol. The molecule has 2 aromatic carbocycles. The molecule has 2 bridgehead atoms. The molecule has 2 heterocycles. The lowest BCUT2D eigenvalue weighted by Crippen LogP contribution is -2.49. The third kappa shape index (κ3) is 2.92. The highest BCUT2D eigenvalue weighted by molar-refractivity contribution is 7.92. The van der Waals surface area contributed by atoms with Crippen LogP contribution in [0.15, 0.2) is 59.5 Å². The highest BCUT2D eigenvalue weighted by Gasteiger charge is 2.47.